The zero-order valence-corrected chi connectivity index (χ0v) is 13.2. The van der Waals surface area contributed by atoms with Crippen LogP contribution in [0.25, 0.3) is 0 Å². The fourth-order valence-electron chi connectivity index (χ4n) is 1.48. The van der Waals surface area contributed by atoms with Crippen LogP contribution in [0.4, 0.5) is 0 Å². The lowest BCUT2D eigenvalue weighted by Crippen LogP contribution is -2.39. The van der Waals surface area contributed by atoms with Crippen LogP contribution in [-0.4, -0.2) is 37.4 Å². The van der Waals surface area contributed by atoms with Crippen LogP contribution in [0.3, 0.4) is 0 Å². The fourth-order valence-corrected chi connectivity index (χ4v) is 1.48. The van der Waals surface area contributed by atoms with E-state index < -0.39 is 0 Å². The molecule has 0 unspecified atom stereocenters. The van der Waals surface area contributed by atoms with E-state index in [2.05, 4.69) is 40.6 Å². The predicted molar refractivity (Wildman–Crippen MR) is 80.4 cm³/mol. The molecule has 0 rings (SSSR count). The van der Waals surface area contributed by atoms with Gasteiger partial charge in [0.15, 0.2) is 0 Å². The minimum atomic E-state index is 0.944. The summed E-state index contributed by atoms with van der Waals surface area (Å²) in [7, 11) is 4.65. The van der Waals surface area contributed by atoms with Crippen LogP contribution in [0.15, 0.2) is 0 Å². The summed E-state index contributed by atoms with van der Waals surface area (Å²) in [6.07, 6.45) is 8.50. The van der Waals surface area contributed by atoms with Crippen molar-refractivity contribution in [1.29, 1.82) is 0 Å². The van der Waals surface area contributed by atoms with Crippen molar-refractivity contribution in [3.05, 3.63) is 0 Å². The number of thiol groups is 1. The molecule has 0 saturated carbocycles. The molecule has 2 heteroatoms. The maximum absolute atomic E-state index is 3.79. The van der Waals surface area contributed by atoms with Crippen molar-refractivity contribution in [1.82, 2.24) is 0 Å². The van der Waals surface area contributed by atoms with Gasteiger partial charge < -0.3 is 4.48 Å². The molecule has 0 aliphatic heterocycles. The molecule has 0 aromatic carbocycles. The van der Waals surface area contributed by atoms with Gasteiger partial charge in [-0.25, -0.2) is 0 Å². The van der Waals surface area contributed by atoms with E-state index in [4.69, 9.17) is 0 Å². The van der Waals surface area contributed by atoms with Crippen molar-refractivity contribution in [3.8, 4) is 0 Å². The Morgan fingerprint density at radius 1 is 0.812 bits per heavy atom. The minimum absolute atomic E-state index is 0.944. The third kappa shape index (κ3) is 16.7. The fraction of sp³-hybridized carbons (Fsp3) is 1.00. The largest absolute Gasteiger partial charge is 0.329 e. The molecule has 0 aliphatic rings. The lowest BCUT2D eigenvalue weighted by Gasteiger charge is -2.28. The second kappa shape index (κ2) is 13.4. The van der Waals surface area contributed by atoms with Crippen LogP contribution < -0.4 is 0 Å². The van der Waals surface area contributed by atoms with Gasteiger partial charge in [-0.1, -0.05) is 39.5 Å². The molecule has 0 amide bonds. The second-order valence-corrected chi connectivity index (χ2v) is 5.69. The topological polar surface area (TPSA) is 0 Å². The SMILES string of the molecule is CCCCCCCC[N+](C)(C)CC.CCS. The molecule has 16 heavy (non-hydrogen) atoms. The van der Waals surface area contributed by atoms with E-state index in [0.29, 0.717) is 0 Å². The molecule has 0 heterocycles. The minimum Gasteiger partial charge on any atom is -0.329 e. The van der Waals surface area contributed by atoms with Gasteiger partial charge in [-0.2, -0.15) is 12.6 Å². The maximum atomic E-state index is 3.79. The molecule has 0 aliphatic carbocycles. The van der Waals surface area contributed by atoms with Crippen molar-refractivity contribution in [2.45, 2.75) is 59.3 Å². The van der Waals surface area contributed by atoms with Crippen LogP contribution in [0.2, 0.25) is 0 Å². The van der Waals surface area contributed by atoms with Crippen molar-refractivity contribution in [2.75, 3.05) is 32.9 Å². The highest BCUT2D eigenvalue weighted by molar-refractivity contribution is 7.80. The van der Waals surface area contributed by atoms with Gasteiger partial charge >= 0.3 is 0 Å². The number of rotatable bonds is 8. The van der Waals surface area contributed by atoms with Gasteiger partial charge in [-0.3, -0.25) is 0 Å². The first-order chi connectivity index (χ1) is 7.54. The van der Waals surface area contributed by atoms with Crippen molar-refractivity contribution in [2.24, 2.45) is 0 Å². The summed E-state index contributed by atoms with van der Waals surface area (Å²) >= 11 is 3.79. The Kier molecular flexibility index (Phi) is 15.6. The Hall–Kier alpha value is 0.310. The molecule has 0 saturated heterocycles. The van der Waals surface area contributed by atoms with E-state index in [9.17, 15) is 0 Å². The highest BCUT2D eigenvalue weighted by Crippen LogP contribution is 2.07. The molecule has 0 spiro atoms. The Bertz CT molecular complexity index is 124. The summed E-state index contributed by atoms with van der Waals surface area (Å²) in [4.78, 5) is 0. The van der Waals surface area contributed by atoms with Gasteiger partial charge in [0.05, 0.1) is 27.2 Å². The average molecular weight is 248 g/mol. The monoisotopic (exact) mass is 248 g/mol. The third-order valence-electron chi connectivity index (χ3n) is 2.97. The van der Waals surface area contributed by atoms with E-state index >= 15 is 0 Å². The normalized spacial score (nSPS) is 10.9. The molecule has 0 fully saturated rings. The molecule has 1 nitrogen and oxygen atoms in total. The Morgan fingerprint density at radius 2 is 1.25 bits per heavy atom. The van der Waals surface area contributed by atoms with E-state index in [1.54, 1.807) is 0 Å². The number of hydrogen-bond donors (Lipinski definition) is 1. The molecule has 0 atom stereocenters. The number of quaternary nitrogens is 1. The third-order valence-corrected chi connectivity index (χ3v) is 2.97. The highest BCUT2D eigenvalue weighted by Gasteiger charge is 2.09. The molecular weight excluding hydrogens is 214 g/mol. The van der Waals surface area contributed by atoms with E-state index in [-0.39, 0.29) is 0 Å². The molecule has 0 aromatic rings. The summed E-state index contributed by atoms with van der Waals surface area (Å²) in [6.45, 7) is 9.15. The zero-order chi connectivity index (χ0) is 12.9. The summed E-state index contributed by atoms with van der Waals surface area (Å²) < 4.78 is 1.19. The van der Waals surface area contributed by atoms with Crippen LogP contribution in [0.1, 0.15) is 59.3 Å². The number of hydrogen-bond acceptors (Lipinski definition) is 1. The summed E-state index contributed by atoms with van der Waals surface area (Å²) in [5.41, 5.74) is 0. The molecule has 0 N–H and O–H groups in total. The van der Waals surface area contributed by atoms with Crippen LogP contribution in [-0.2, 0) is 0 Å². The van der Waals surface area contributed by atoms with Gasteiger partial charge in [0.25, 0.3) is 0 Å². The Labute approximate surface area is 110 Å². The van der Waals surface area contributed by atoms with Crippen LogP contribution in [0, 0.1) is 0 Å². The van der Waals surface area contributed by atoms with Gasteiger partial charge in [0.2, 0.25) is 0 Å². The maximum Gasteiger partial charge on any atom is 0.0782 e. The predicted octanol–water partition coefficient (Wildman–Crippen LogP) is 4.38. The van der Waals surface area contributed by atoms with Crippen LogP contribution in [0.5, 0.6) is 0 Å². The summed E-state index contributed by atoms with van der Waals surface area (Å²) in [6, 6.07) is 0. The molecule has 0 radical (unpaired) electrons. The summed E-state index contributed by atoms with van der Waals surface area (Å²) in [5.74, 6) is 0.944. The first kappa shape index (κ1) is 18.7. The van der Waals surface area contributed by atoms with Gasteiger partial charge in [0.1, 0.15) is 0 Å². The highest BCUT2D eigenvalue weighted by atomic mass is 32.1. The molecular formula is C14H34NS+. The van der Waals surface area contributed by atoms with Gasteiger partial charge in [-0.05, 0) is 25.5 Å². The average Bonchev–Trinajstić information content (AvgIpc) is 2.24. The Morgan fingerprint density at radius 3 is 1.69 bits per heavy atom. The lowest BCUT2D eigenvalue weighted by molar-refractivity contribution is -0.888. The first-order valence-corrected chi connectivity index (χ1v) is 7.60. The van der Waals surface area contributed by atoms with Crippen molar-refractivity contribution >= 4 is 12.6 Å². The first-order valence-electron chi connectivity index (χ1n) is 6.96. The zero-order valence-electron chi connectivity index (χ0n) is 12.3. The van der Waals surface area contributed by atoms with Crippen molar-refractivity contribution in [3.63, 3.8) is 0 Å². The molecule has 0 bridgehead atoms. The molecule has 100 valence electrons. The van der Waals surface area contributed by atoms with E-state index in [0.717, 1.165) is 5.75 Å². The smallest absolute Gasteiger partial charge is 0.0782 e. The lowest BCUT2D eigenvalue weighted by atomic mass is 10.1. The Balaban J connectivity index is 0. The van der Waals surface area contributed by atoms with Gasteiger partial charge in [-0.15, -0.1) is 0 Å². The molecule has 0 aromatic heterocycles. The van der Waals surface area contributed by atoms with Gasteiger partial charge in [0, 0.05) is 0 Å². The van der Waals surface area contributed by atoms with E-state index in [1.165, 1.54) is 56.1 Å². The second-order valence-electron chi connectivity index (χ2n) is 5.06. The summed E-state index contributed by atoms with van der Waals surface area (Å²) in [5, 5.41) is 0. The van der Waals surface area contributed by atoms with E-state index in [1.807, 2.05) is 6.92 Å². The van der Waals surface area contributed by atoms with Crippen molar-refractivity contribution < 1.29 is 4.48 Å². The number of unbranched alkanes of at least 4 members (excludes halogenated alkanes) is 5. The quantitative estimate of drug-likeness (QED) is 0.368. The number of nitrogens with zero attached hydrogens (tertiary/aromatic N) is 1. The van der Waals surface area contributed by atoms with Crippen LogP contribution >= 0.6 is 12.6 Å². The standard InChI is InChI=1S/C12H28N.C2H6S/c1-5-7-8-9-10-11-12-13(3,4)6-2;1-2-3/h5-12H2,1-4H3;3H,2H2,1H3/q+1;.